The number of halogens is 4. The molecule has 3 nitrogen and oxygen atoms in total. The third kappa shape index (κ3) is 1.60. The second kappa shape index (κ2) is 3.37. The molecule has 1 heterocycles. The number of rotatable bonds is 2. The van der Waals surface area contributed by atoms with Gasteiger partial charge in [-0.15, -0.1) is 0 Å². The number of aliphatic hydroxyl groups excluding tert-OH is 1. The van der Waals surface area contributed by atoms with Crippen LogP contribution in [0.25, 0.3) is 0 Å². The Morgan fingerprint density at radius 3 is 2.44 bits per heavy atom. The molecular formula is C9H10ClF3N2O. The predicted octanol–water partition coefficient (Wildman–Crippen LogP) is 2.12. The summed E-state index contributed by atoms with van der Waals surface area (Å²) in [6.07, 6.45) is -3.51. The third-order valence-electron chi connectivity index (χ3n) is 2.93. The summed E-state index contributed by atoms with van der Waals surface area (Å²) in [6.45, 7) is -0.332. The maximum atomic E-state index is 12.7. The van der Waals surface area contributed by atoms with E-state index in [4.69, 9.17) is 11.6 Å². The van der Waals surface area contributed by atoms with Crippen molar-refractivity contribution in [3.05, 3.63) is 16.4 Å². The molecule has 0 spiro atoms. The molecule has 0 aromatic carbocycles. The lowest BCUT2D eigenvalue weighted by molar-refractivity contribution is -0.142. The second-order valence-corrected chi connectivity index (χ2v) is 4.43. The van der Waals surface area contributed by atoms with E-state index in [1.54, 1.807) is 0 Å². The van der Waals surface area contributed by atoms with Crippen molar-refractivity contribution in [1.29, 1.82) is 0 Å². The van der Waals surface area contributed by atoms with Crippen LogP contribution in [0.15, 0.2) is 0 Å². The lowest BCUT2D eigenvalue weighted by atomic mass is 9.97. The average molecular weight is 255 g/mol. The van der Waals surface area contributed by atoms with Crippen molar-refractivity contribution < 1.29 is 18.3 Å². The van der Waals surface area contributed by atoms with Crippen LogP contribution in [-0.2, 0) is 18.6 Å². The SMILES string of the molecule is Cn1nc(C(F)(F)F)c(C2(CO)CC2)c1Cl. The molecule has 1 N–H and O–H groups in total. The quantitative estimate of drug-likeness (QED) is 0.878. The van der Waals surface area contributed by atoms with Gasteiger partial charge in [-0.05, 0) is 12.8 Å². The zero-order chi connectivity index (χ0) is 12.1. The summed E-state index contributed by atoms with van der Waals surface area (Å²) in [5.41, 5.74) is -1.88. The summed E-state index contributed by atoms with van der Waals surface area (Å²) >= 11 is 5.81. The number of nitrogens with zero attached hydrogens (tertiary/aromatic N) is 2. The number of aromatic nitrogens is 2. The van der Waals surface area contributed by atoms with E-state index in [1.807, 2.05) is 0 Å². The van der Waals surface area contributed by atoms with Gasteiger partial charge in [0, 0.05) is 18.0 Å². The van der Waals surface area contributed by atoms with Crippen molar-refractivity contribution in [3.8, 4) is 0 Å². The van der Waals surface area contributed by atoms with Gasteiger partial charge in [0.15, 0.2) is 5.69 Å². The fourth-order valence-corrected chi connectivity index (χ4v) is 2.14. The fraction of sp³-hybridized carbons (Fsp3) is 0.667. The van der Waals surface area contributed by atoms with E-state index in [0.717, 1.165) is 4.68 Å². The summed E-state index contributed by atoms with van der Waals surface area (Å²) in [7, 11) is 1.36. The highest BCUT2D eigenvalue weighted by atomic mass is 35.5. The molecule has 7 heteroatoms. The van der Waals surface area contributed by atoms with Crippen LogP contribution in [0, 0.1) is 0 Å². The first kappa shape index (κ1) is 11.7. The standard InChI is InChI=1S/C9H10ClF3N2O/c1-15-7(10)5(8(4-16)2-3-8)6(14-15)9(11,12)13/h16H,2-4H2,1H3. The smallest absolute Gasteiger partial charge is 0.395 e. The van der Waals surface area contributed by atoms with E-state index >= 15 is 0 Å². The van der Waals surface area contributed by atoms with Crippen LogP contribution in [0.5, 0.6) is 0 Å². The third-order valence-corrected chi connectivity index (χ3v) is 3.37. The van der Waals surface area contributed by atoms with Gasteiger partial charge in [0.2, 0.25) is 0 Å². The molecule has 90 valence electrons. The molecule has 1 aliphatic rings. The molecule has 0 saturated heterocycles. The number of hydrogen-bond donors (Lipinski definition) is 1. The molecule has 0 amide bonds. The maximum absolute atomic E-state index is 12.7. The maximum Gasteiger partial charge on any atom is 0.435 e. The van der Waals surface area contributed by atoms with Crippen LogP contribution in [0.4, 0.5) is 13.2 Å². The van der Waals surface area contributed by atoms with Crippen LogP contribution >= 0.6 is 11.6 Å². The van der Waals surface area contributed by atoms with Crippen molar-refractivity contribution in [3.63, 3.8) is 0 Å². The summed E-state index contributed by atoms with van der Waals surface area (Å²) in [5, 5.41) is 12.5. The number of aliphatic hydroxyl groups is 1. The second-order valence-electron chi connectivity index (χ2n) is 4.07. The molecule has 1 aromatic heterocycles. The Hall–Kier alpha value is -0.750. The Kier molecular flexibility index (Phi) is 2.47. The van der Waals surface area contributed by atoms with E-state index in [1.165, 1.54) is 7.05 Å². The summed E-state index contributed by atoms with van der Waals surface area (Å²) in [4.78, 5) is 0. The molecule has 0 unspecified atom stereocenters. The molecule has 1 fully saturated rings. The Morgan fingerprint density at radius 1 is 1.50 bits per heavy atom. The largest absolute Gasteiger partial charge is 0.435 e. The van der Waals surface area contributed by atoms with E-state index in [2.05, 4.69) is 5.10 Å². The highest BCUT2D eigenvalue weighted by molar-refractivity contribution is 6.30. The van der Waals surface area contributed by atoms with Crippen LogP contribution in [0.3, 0.4) is 0 Å². The first-order valence-corrected chi connectivity index (χ1v) is 5.11. The van der Waals surface area contributed by atoms with Crippen molar-refractivity contribution >= 4 is 11.6 Å². The van der Waals surface area contributed by atoms with Crippen molar-refractivity contribution in [2.24, 2.45) is 7.05 Å². The summed E-state index contributed by atoms with van der Waals surface area (Å²) in [6, 6.07) is 0. The zero-order valence-electron chi connectivity index (χ0n) is 8.47. The van der Waals surface area contributed by atoms with Crippen LogP contribution in [0.1, 0.15) is 24.1 Å². The molecule has 0 radical (unpaired) electrons. The summed E-state index contributed by atoms with van der Waals surface area (Å²) < 4.78 is 39.2. The first-order valence-electron chi connectivity index (χ1n) is 4.73. The van der Waals surface area contributed by atoms with Gasteiger partial charge in [-0.3, -0.25) is 4.68 Å². The van der Waals surface area contributed by atoms with Gasteiger partial charge in [-0.1, -0.05) is 11.6 Å². The minimum atomic E-state index is -4.54. The minimum Gasteiger partial charge on any atom is -0.395 e. The van der Waals surface area contributed by atoms with Gasteiger partial charge < -0.3 is 5.11 Å². The zero-order valence-corrected chi connectivity index (χ0v) is 9.23. The van der Waals surface area contributed by atoms with Gasteiger partial charge >= 0.3 is 6.18 Å². The van der Waals surface area contributed by atoms with Gasteiger partial charge in [-0.2, -0.15) is 18.3 Å². The molecule has 0 atom stereocenters. The van der Waals surface area contributed by atoms with E-state index in [0.29, 0.717) is 12.8 Å². The predicted molar refractivity (Wildman–Crippen MR) is 51.2 cm³/mol. The average Bonchev–Trinajstić information content (AvgIpc) is 2.90. The van der Waals surface area contributed by atoms with Crippen molar-refractivity contribution in [2.45, 2.75) is 24.4 Å². The van der Waals surface area contributed by atoms with E-state index < -0.39 is 17.3 Å². The Labute approximate surface area is 94.8 Å². The molecule has 1 aliphatic carbocycles. The van der Waals surface area contributed by atoms with Crippen LogP contribution in [0.2, 0.25) is 5.15 Å². The monoisotopic (exact) mass is 254 g/mol. The van der Waals surface area contributed by atoms with Gasteiger partial charge in [0.25, 0.3) is 0 Å². The van der Waals surface area contributed by atoms with Crippen LogP contribution in [-0.4, -0.2) is 21.5 Å². The highest BCUT2D eigenvalue weighted by Gasteiger charge is 2.52. The lowest BCUT2D eigenvalue weighted by Gasteiger charge is -2.13. The van der Waals surface area contributed by atoms with Crippen LogP contribution < -0.4 is 0 Å². The molecule has 2 rings (SSSR count). The van der Waals surface area contributed by atoms with Gasteiger partial charge in [-0.25, -0.2) is 0 Å². The molecule has 1 saturated carbocycles. The highest BCUT2D eigenvalue weighted by Crippen LogP contribution is 2.53. The number of alkyl halides is 3. The van der Waals surface area contributed by atoms with Gasteiger partial charge in [0.1, 0.15) is 5.15 Å². The number of hydrogen-bond acceptors (Lipinski definition) is 2. The van der Waals surface area contributed by atoms with Crippen molar-refractivity contribution in [1.82, 2.24) is 9.78 Å². The fourth-order valence-electron chi connectivity index (χ4n) is 1.81. The first-order chi connectivity index (χ1) is 7.32. The molecule has 1 aromatic rings. The lowest BCUT2D eigenvalue weighted by Crippen LogP contribution is -2.18. The summed E-state index contributed by atoms with van der Waals surface area (Å²) in [5.74, 6) is 0. The Morgan fingerprint density at radius 2 is 2.06 bits per heavy atom. The Bertz CT molecular complexity index is 423. The molecule has 0 bridgehead atoms. The van der Waals surface area contributed by atoms with Gasteiger partial charge in [0.05, 0.1) is 6.61 Å². The Balaban J connectivity index is 2.59. The van der Waals surface area contributed by atoms with E-state index in [9.17, 15) is 18.3 Å². The molecular weight excluding hydrogens is 245 g/mol. The number of aryl methyl sites for hydroxylation is 1. The normalized spacial score (nSPS) is 18.9. The molecule has 0 aliphatic heterocycles. The minimum absolute atomic E-state index is 0.0427. The topological polar surface area (TPSA) is 38.0 Å². The van der Waals surface area contributed by atoms with E-state index in [-0.39, 0.29) is 17.3 Å². The van der Waals surface area contributed by atoms with Crippen molar-refractivity contribution in [2.75, 3.05) is 6.61 Å². The molecule has 16 heavy (non-hydrogen) atoms.